The molecule has 0 aliphatic heterocycles. The lowest BCUT2D eigenvalue weighted by Gasteiger charge is -2.05. The van der Waals surface area contributed by atoms with Gasteiger partial charge in [-0.15, -0.1) is 0 Å². The van der Waals surface area contributed by atoms with Gasteiger partial charge in [0.1, 0.15) is 0 Å². The Morgan fingerprint density at radius 1 is 1.43 bits per heavy atom. The van der Waals surface area contributed by atoms with Gasteiger partial charge in [-0.05, 0) is 24.1 Å². The van der Waals surface area contributed by atoms with Crippen molar-refractivity contribution in [2.75, 3.05) is 0 Å². The summed E-state index contributed by atoms with van der Waals surface area (Å²) in [6.45, 7) is 5.16. The van der Waals surface area contributed by atoms with Crippen LogP contribution in [0.5, 0.6) is 0 Å². The van der Waals surface area contributed by atoms with Gasteiger partial charge in [-0.2, -0.15) is 0 Å². The lowest BCUT2D eigenvalue weighted by molar-refractivity contribution is -0.113. The number of carbonyl (C=O) groups excluding carboxylic acids is 1. The monoisotopic (exact) mass is 228 g/mol. The summed E-state index contributed by atoms with van der Waals surface area (Å²) in [5.41, 5.74) is 1.37. The molecule has 0 N–H and O–H groups in total. The number of hydrogen-bond acceptors (Lipinski definition) is 1. The average molecular weight is 229 g/mol. The van der Waals surface area contributed by atoms with E-state index in [0.717, 1.165) is 5.56 Å². The Bertz CT molecular complexity index is 383. The van der Waals surface area contributed by atoms with Crippen LogP contribution in [0, 0.1) is 0 Å². The number of allylic oxidation sites excluding steroid dienone is 1. The summed E-state index contributed by atoms with van der Waals surface area (Å²) < 4.78 is 0. The summed E-state index contributed by atoms with van der Waals surface area (Å²) in [6.07, 6.45) is 0.453. The molecular formula is C11H10Cl2O. The maximum atomic E-state index is 11.0. The molecule has 0 radical (unpaired) electrons. The van der Waals surface area contributed by atoms with E-state index in [1.165, 1.54) is 6.92 Å². The highest BCUT2D eigenvalue weighted by atomic mass is 35.5. The van der Waals surface area contributed by atoms with Crippen LogP contribution >= 0.6 is 23.2 Å². The maximum Gasteiger partial charge on any atom is 0.155 e. The Morgan fingerprint density at radius 2 is 2.07 bits per heavy atom. The van der Waals surface area contributed by atoms with Crippen molar-refractivity contribution >= 4 is 29.0 Å². The molecule has 0 fully saturated rings. The fourth-order valence-corrected chi connectivity index (χ4v) is 1.43. The van der Waals surface area contributed by atoms with E-state index in [2.05, 4.69) is 6.58 Å². The molecule has 14 heavy (non-hydrogen) atoms. The van der Waals surface area contributed by atoms with Crippen molar-refractivity contribution in [2.45, 2.75) is 13.3 Å². The molecule has 0 amide bonds. The summed E-state index contributed by atoms with van der Waals surface area (Å²) in [5, 5.41) is 0.997. The van der Waals surface area contributed by atoms with Crippen LogP contribution in [0.15, 0.2) is 30.4 Å². The molecule has 0 aliphatic rings. The van der Waals surface area contributed by atoms with Gasteiger partial charge in [0.25, 0.3) is 0 Å². The molecule has 0 unspecified atom stereocenters. The van der Waals surface area contributed by atoms with Crippen LogP contribution in [0.25, 0.3) is 0 Å². The number of hydrogen-bond donors (Lipinski definition) is 0. The molecule has 0 aliphatic carbocycles. The summed E-state index contributed by atoms with van der Waals surface area (Å²) in [7, 11) is 0. The molecule has 1 aromatic carbocycles. The third kappa shape index (κ3) is 2.60. The third-order valence-corrected chi connectivity index (χ3v) is 2.79. The molecule has 0 saturated heterocycles. The SMILES string of the molecule is C=C(Cc1cccc(Cl)c1Cl)C(C)=O. The Balaban J connectivity index is 2.93. The van der Waals surface area contributed by atoms with Gasteiger partial charge in [0.05, 0.1) is 10.0 Å². The second-order valence-electron chi connectivity index (χ2n) is 3.05. The van der Waals surface area contributed by atoms with Gasteiger partial charge in [-0.25, -0.2) is 0 Å². The highest BCUT2D eigenvalue weighted by Crippen LogP contribution is 2.26. The summed E-state index contributed by atoms with van der Waals surface area (Å²) in [6, 6.07) is 5.35. The number of halogens is 2. The fourth-order valence-electron chi connectivity index (χ4n) is 1.04. The van der Waals surface area contributed by atoms with Crippen LogP contribution in [0.3, 0.4) is 0 Å². The van der Waals surface area contributed by atoms with Crippen LogP contribution in [-0.2, 0) is 11.2 Å². The zero-order valence-electron chi connectivity index (χ0n) is 7.81. The van der Waals surface area contributed by atoms with Gasteiger partial charge in [-0.1, -0.05) is 41.9 Å². The van der Waals surface area contributed by atoms with Gasteiger partial charge in [0, 0.05) is 6.42 Å². The lowest BCUT2D eigenvalue weighted by Crippen LogP contribution is -1.99. The molecule has 1 rings (SSSR count). The molecule has 0 spiro atoms. The van der Waals surface area contributed by atoms with Gasteiger partial charge >= 0.3 is 0 Å². The van der Waals surface area contributed by atoms with Crippen LogP contribution in [0.2, 0.25) is 10.0 Å². The largest absolute Gasteiger partial charge is 0.295 e. The van der Waals surface area contributed by atoms with Gasteiger partial charge < -0.3 is 0 Å². The number of ketones is 1. The lowest BCUT2D eigenvalue weighted by atomic mass is 10.0. The second kappa shape index (κ2) is 4.63. The predicted molar refractivity (Wildman–Crippen MR) is 60.0 cm³/mol. The van der Waals surface area contributed by atoms with Crippen molar-refractivity contribution in [3.63, 3.8) is 0 Å². The molecule has 1 nitrogen and oxygen atoms in total. The van der Waals surface area contributed by atoms with Crippen molar-refractivity contribution in [1.82, 2.24) is 0 Å². The third-order valence-electron chi connectivity index (χ3n) is 1.93. The minimum absolute atomic E-state index is 0.0268. The maximum absolute atomic E-state index is 11.0. The number of carbonyl (C=O) groups is 1. The van der Waals surface area contributed by atoms with E-state index >= 15 is 0 Å². The highest BCUT2D eigenvalue weighted by molar-refractivity contribution is 6.42. The van der Waals surface area contributed by atoms with Gasteiger partial charge in [-0.3, -0.25) is 4.79 Å². The molecule has 3 heteroatoms. The van der Waals surface area contributed by atoms with E-state index in [-0.39, 0.29) is 5.78 Å². The first-order chi connectivity index (χ1) is 6.52. The van der Waals surface area contributed by atoms with Gasteiger partial charge in [0.15, 0.2) is 5.78 Å². The summed E-state index contributed by atoms with van der Waals surface area (Å²) in [5.74, 6) is -0.0268. The van der Waals surface area contributed by atoms with Crippen molar-refractivity contribution < 1.29 is 4.79 Å². The zero-order valence-corrected chi connectivity index (χ0v) is 9.32. The minimum Gasteiger partial charge on any atom is -0.295 e. The second-order valence-corrected chi connectivity index (χ2v) is 3.83. The molecule has 0 aromatic heterocycles. The molecule has 0 heterocycles. The van der Waals surface area contributed by atoms with Crippen LogP contribution in [0.1, 0.15) is 12.5 Å². The van der Waals surface area contributed by atoms with E-state index < -0.39 is 0 Å². The number of rotatable bonds is 3. The first-order valence-electron chi connectivity index (χ1n) is 4.14. The van der Waals surface area contributed by atoms with Crippen molar-refractivity contribution in [3.05, 3.63) is 46.0 Å². The molecule has 0 atom stereocenters. The van der Waals surface area contributed by atoms with E-state index in [1.807, 2.05) is 6.07 Å². The van der Waals surface area contributed by atoms with Gasteiger partial charge in [0.2, 0.25) is 0 Å². The Kier molecular flexibility index (Phi) is 3.73. The summed E-state index contributed by atoms with van der Waals surface area (Å²) >= 11 is 11.8. The van der Waals surface area contributed by atoms with E-state index in [9.17, 15) is 4.79 Å². The van der Waals surface area contributed by atoms with Crippen LogP contribution in [-0.4, -0.2) is 5.78 Å². The highest BCUT2D eigenvalue weighted by Gasteiger charge is 2.07. The predicted octanol–water partition coefficient (Wildman–Crippen LogP) is 3.68. The van der Waals surface area contributed by atoms with Crippen molar-refractivity contribution in [1.29, 1.82) is 0 Å². The quantitative estimate of drug-likeness (QED) is 0.722. The van der Waals surface area contributed by atoms with Crippen LogP contribution in [0.4, 0.5) is 0 Å². The molecule has 0 bridgehead atoms. The standard InChI is InChI=1S/C11H10Cl2O/c1-7(8(2)14)6-9-4-3-5-10(12)11(9)13/h3-5H,1,6H2,2H3. The fraction of sp³-hybridized carbons (Fsp3) is 0.182. The Morgan fingerprint density at radius 3 is 2.64 bits per heavy atom. The summed E-state index contributed by atoms with van der Waals surface area (Å²) in [4.78, 5) is 11.0. The first-order valence-corrected chi connectivity index (χ1v) is 4.89. The molecule has 74 valence electrons. The molecular weight excluding hydrogens is 219 g/mol. The minimum atomic E-state index is -0.0268. The van der Waals surface area contributed by atoms with E-state index in [1.54, 1.807) is 12.1 Å². The van der Waals surface area contributed by atoms with E-state index in [4.69, 9.17) is 23.2 Å². The smallest absolute Gasteiger partial charge is 0.155 e. The van der Waals surface area contributed by atoms with E-state index in [0.29, 0.717) is 22.0 Å². The Hall–Kier alpha value is -0.790. The molecule has 0 saturated carbocycles. The Labute approximate surface area is 93.3 Å². The average Bonchev–Trinajstić information content (AvgIpc) is 2.12. The molecule has 1 aromatic rings. The first kappa shape index (κ1) is 11.3. The van der Waals surface area contributed by atoms with Crippen LogP contribution < -0.4 is 0 Å². The van der Waals surface area contributed by atoms with Crippen molar-refractivity contribution in [3.8, 4) is 0 Å². The van der Waals surface area contributed by atoms with Crippen molar-refractivity contribution in [2.24, 2.45) is 0 Å². The number of benzene rings is 1. The normalized spacial score (nSPS) is 9.93. The zero-order chi connectivity index (χ0) is 10.7. The topological polar surface area (TPSA) is 17.1 Å². The number of Topliss-reactive ketones (excluding diaryl/α,β-unsaturated/α-hetero) is 1.